The SMILES string of the molecule is CCOCCOC(=O)C1=C(C)NC2=C(C(=O)[C@@H](C(=O)OC)[C@H](C)C2)[C@H]1c1cccc(O)c1. The number of rotatable bonds is 7. The summed E-state index contributed by atoms with van der Waals surface area (Å²) >= 11 is 0. The molecule has 3 rings (SSSR count). The molecular formula is C24H29NO7. The highest BCUT2D eigenvalue weighted by atomic mass is 16.6. The molecule has 172 valence electrons. The van der Waals surface area contributed by atoms with Gasteiger partial charge in [-0.3, -0.25) is 9.59 Å². The summed E-state index contributed by atoms with van der Waals surface area (Å²) < 4.78 is 15.5. The molecule has 1 heterocycles. The molecular weight excluding hydrogens is 414 g/mol. The summed E-state index contributed by atoms with van der Waals surface area (Å²) in [6.07, 6.45) is 0.445. The minimum atomic E-state index is -0.964. The van der Waals surface area contributed by atoms with Crippen LogP contribution in [0.4, 0.5) is 0 Å². The number of ketones is 1. The van der Waals surface area contributed by atoms with Crippen LogP contribution in [0.25, 0.3) is 0 Å². The van der Waals surface area contributed by atoms with E-state index in [4.69, 9.17) is 14.2 Å². The number of dihydropyridines is 1. The van der Waals surface area contributed by atoms with Crippen LogP contribution in [-0.4, -0.2) is 49.8 Å². The Morgan fingerprint density at radius 2 is 2.00 bits per heavy atom. The fraction of sp³-hybridized carbons (Fsp3) is 0.458. The summed E-state index contributed by atoms with van der Waals surface area (Å²) in [7, 11) is 1.25. The predicted molar refractivity (Wildman–Crippen MR) is 115 cm³/mol. The molecule has 8 nitrogen and oxygen atoms in total. The molecule has 1 aromatic carbocycles. The zero-order valence-corrected chi connectivity index (χ0v) is 18.8. The molecule has 8 heteroatoms. The number of methoxy groups -OCH3 is 1. The molecule has 0 fully saturated rings. The monoisotopic (exact) mass is 443 g/mol. The van der Waals surface area contributed by atoms with Gasteiger partial charge in [0.05, 0.1) is 19.3 Å². The van der Waals surface area contributed by atoms with E-state index in [1.165, 1.54) is 19.2 Å². The lowest BCUT2D eigenvalue weighted by atomic mass is 9.69. The number of phenols is 1. The van der Waals surface area contributed by atoms with E-state index in [0.717, 1.165) is 0 Å². The molecule has 32 heavy (non-hydrogen) atoms. The number of ether oxygens (including phenoxy) is 3. The van der Waals surface area contributed by atoms with Crippen LogP contribution in [0.5, 0.6) is 5.75 Å². The summed E-state index contributed by atoms with van der Waals surface area (Å²) in [5.41, 5.74) is 2.37. The van der Waals surface area contributed by atoms with Crippen molar-refractivity contribution in [2.75, 3.05) is 26.9 Å². The number of carbonyl (C=O) groups excluding carboxylic acids is 3. The van der Waals surface area contributed by atoms with Crippen molar-refractivity contribution in [2.45, 2.75) is 33.1 Å². The molecule has 1 aromatic rings. The second kappa shape index (κ2) is 9.99. The van der Waals surface area contributed by atoms with Crippen LogP contribution in [0, 0.1) is 11.8 Å². The van der Waals surface area contributed by atoms with E-state index in [1.54, 1.807) is 19.1 Å². The maximum Gasteiger partial charge on any atom is 0.336 e. The molecule has 0 bridgehead atoms. The molecule has 3 atom stereocenters. The van der Waals surface area contributed by atoms with E-state index in [9.17, 15) is 19.5 Å². The highest BCUT2D eigenvalue weighted by molar-refractivity contribution is 6.12. The third-order valence-corrected chi connectivity index (χ3v) is 5.83. The highest BCUT2D eigenvalue weighted by Gasteiger charge is 2.47. The van der Waals surface area contributed by atoms with Crippen molar-refractivity contribution < 1.29 is 33.7 Å². The van der Waals surface area contributed by atoms with Crippen molar-refractivity contribution in [3.8, 4) is 5.75 Å². The Balaban J connectivity index is 2.07. The normalized spacial score (nSPS) is 22.9. The molecule has 0 amide bonds. The number of benzene rings is 1. The lowest BCUT2D eigenvalue weighted by Gasteiger charge is -2.38. The number of allylic oxidation sites excluding steroid dienone is 3. The van der Waals surface area contributed by atoms with Crippen LogP contribution in [0.3, 0.4) is 0 Å². The van der Waals surface area contributed by atoms with E-state index in [-0.39, 0.29) is 30.5 Å². The molecule has 1 aliphatic carbocycles. The molecule has 0 saturated carbocycles. The van der Waals surface area contributed by atoms with Gasteiger partial charge in [0.1, 0.15) is 18.3 Å². The topological polar surface area (TPSA) is 111 Å². The Morgan fingerprint density at radius 1 is 1.25 bits per heavy atom. The third kappa shape index (κ3) is 4.55. The average molecular weight is 443 g/mol. The van der Waals surface area contributed by atoms with Gasteiger partial charge in [0, 0.05) is 29.5 Å². The van der Waals surface area contributed by atoms with Crippen molar-refractivity contribution in [3.63, 3.8) is 0 Å². The molecule has 2 N–H and O–H groups in total. The third-order valence-electron chi connectivity index (χ3n) is 5.83. The Labute approximate surface area is 187 Å². The molecule has 0 aromatic heterocycles. The van der Waals surface area contributed by atoms with E-state index in [0.29, 0.717) is 35.6 Å². The number of esters is 2. The van der Waals surface area contributed by atoms with Crippen molar-refractivity contribution in [1.29, 1.82) is 0 Å². The van der Waals surface area contributed by atoms with Crippen LogP contribution in [0.1, 0.15) is 38.7 Å². The summed E-state index contributed by atoms with van der Waals surface area (Å²) in [6.45, 7) is 6.25. The largest absolute Gasteiger partial charge is 0.508 e. The van der Waals surface area contributed by atoms with Gasteiger partial charge in [-0.05, 0) is 43.9 Å². The van der Waals surface area contributed by atoms with Crippen molar-refractivity contribution in [1.82, 2.24) is 5.32 Å². The van der Waals surface area contributed by atoms with Gasteiger partial charge in [-0.15, -0.1) is 0 Å². The zero-order valence-electron chi connectivity index (χ0n) is 18.8. The minimum Gasteiger partial charge on any atom is -0.508 e. The fourth-order valence-electron chi connectivity index (χ4n) is 4.40. The van der Waals surface area contributed by atoms with Crippen molar-refractivity contribution in [3.05, 3.63) is 52.4 Å². The lowest BCUT2D eigenvalue weighted by Crippen LogP contribution is -2.43. The number of nitrogens with one attached hydrogen (secondary N) is 1. The fourth-order valence-corrected chi connectivity index (χ4v) is 4.40. The average Bonchev–Trinajstić information content (AvgIpc) is 2.75. The van der Waals surface area contributed by atoms with Crippen LogP contribution >= 0.6 is 0 Å². The highest BCUT2D eigenvalue weighted by Crippen LogP contribution is 2.45. The van der Waals surface area contributed by atoms with Gasteiger partial charge in [0.15, 0.2) is 5.78 Å². The second-order valence-electron chi connectivity index (χ2n) is 7.96. The molecule has 1 aliphatic heterocycles. The van der Waals surface area contributed by atoms with Gasteiger partial charge in [0.2, 0.25) is 0 Å². The van der Waals surface area contributed by atoms with Crippen LogP contribution in [-0.2, 0) is 28.6 Å². The predicted octanol–water partition coefficient (Wildman–Crippen LogP) is 2.58. The number of Topliss-reactive ketones (excluding diaryl/α,β-unsaturated/α-hetero) is 1. The van der Waals surface area contributed by atoms with Gasteiger partial charge in [-0.2, -0.15) is 0 Å². The first-order valence-electron chi connectivity index (χ1n) is 10.7. The number of aromatic hydroxyl groups is 1. The summed E-state index contributed by atoms with van der Waals surface area (Å²) in [5, 5.41) is 13.3. The quantitative estimate of drug-likeness (QED) is 0.376. The lowest BCUT2D eigenvalue weighted by molar-refractivity contribution is -0.151. The van der Waals surface area contributed by atoms with Gasteiger partial charge < -0.3 is 24.6 Å². The molecule has 0 radical (unpaired) electrons. The van der Waals surface area contributed by atoms with Crippen molar-refractivity contribution >= 4 is 17.7 Å². The van der Waals surface area contributed by atoms with Crippen molar-refractivity contribution in [2.24, 2.45) is 11.8 Å². The Hall–Kier alpha value is -3.13. The smallest absolute Gasteiger partial charge is 0.336 e. The molecule has 0 saturated heterocycles. The van der Waals surface area contributed by atoms with Crippen LogP contribution in [0.2, 0.25) is 0 Å². The molecule has 0 unspecified atom stereocenters. The molecule has 2 aliphatic rings. The standard InChI is InChI=1S/C24H29NO7/c1-5-31-9-10-32-24(29)19-14(3)25-17-11-13(2)18(23(28)30-4)22(27)21(17)20(19)15-7-6-8-16(26)12-15/h6-8,12-13,18,20,25-26H,5,9-11H2,1-4H3/t13-,18+,20+/m1/s1. The van der Waals surface area contributed by atoms with Gasteiger partial charge in [-0.25, -0.2) is 4.79 Å². The summed E-state index contributed by atoms with van der Waals surface area (Å²) in [4.78, 5) is 39.0. The minimum absolute atomic E-state index is 0.00560. The maximum absolute atomic E-state index is 13.6. The first kappa shape index (κ1) is 23.5. The van der Waals surface area contributed by atoms with E-state index >= 15 is 0 Å². The van der Waals surface area contributed by atoms with E-state index in [1.807, 2.05) is 13.8 Å². The summed E-state index contributed by atoms with van der Waals surface area (Å²) in [5.74, 6) is -3.59. The maximum atomic E-state index is 13.6. The number of hydrogen-bond donors (Lipinski definition) is 2. The Morgan fingerprint density at radius 3 is 2.66 bits per heavy atom. The first-order valence-corrected chi connectivity index (χ1v) is 10.7. The molecule has 0 spiro atoms. The Bertz CT molecular complexity index is 978. The van der Waals surface area contributed by atoms with Gasteiger partial charge in [-0.1, -0.05) is 19.1 Å². The van der Waals surface area contributed by atoms with Gasteiger partial charge in [0.25, 0.3) is 0 Å². The van der Waals surface area contributed by atoms with E-state index in [2.05, 4.69) is 5.32 Å². The number of carbonyl (C=O) groups is 3. The second-order valence-corrected chi connectivity index (χ2v) is 7.96. The van der Waals surface area contributed by atoms with Crippen LogP contribution in [0.15, 0.2) is 46.8 Å². The zero-order chi connectivity index (χ0) is 23.4. The van der Waals surface area contributed by atoms with E-state index < -0.39 is 29.6 Å². The number of phenolic OH excluding ortho intramolecular Hbond substituents is 1. The van der Waals surface area contributed by atoms with Gasteiger partial charge >= 0.3 is 11.9 Å². The first-order chi connectivity index (χ1) is 15.3. The summed E-state index contributed by atoms with van der Waals surface area (Å²) in [6, 6.07) is 6.41. The van der Waals surface area contributed by atoms with Crippen LogP contribution < -0.4 is 5.32 Å². The Kier molecular flexibility index (Phi) is 7.35. The number of hydrogen-bond acceptors (Lipinski definition) is 8.